The van der Waals surface area contributed by atoms with Crippen molar-refractivity contribution in [3.63, 3.8) is 0 Å². The number of benzene rings is 2. The van der Waals surface area contributed by atoms with Crippen molar-refractivity contribution in [2.75, 3.05) is 23.3 Å². The fraction of sp³-hybridized carbons (Fsp3) is 0.409. The first-order valence-electron chi connectivity index (χ1n) is 9.31. The molecule has 2 aromatic rings. The minimum atomic E-state index is 0.171. The van der Waals surface area contributed by atoms with Gasteiger partial charge in [-0.05, 0) is 62.9 Å². The zero-order valence-corrected chi connectivity index (χ0v) is 16.5. The molecule has 1 N–H and O–H groups in total. The Hall–Kier alpha value is -2.00. The lowest BCUT2D eigenvalue weighted by molar-refractivity contribution is -0.111. The van der Waals surface area contributed by atoms with E-state index >= 15 is 0 Å². The molecule has 0 aliphatic carbocycles. The number of rotatable bonds is 5. The van der Waals surface area contributed by atoms with Crippen LogP contribution in [0.4, 0.5) is 11.4 Å². The topological polar surface area (TPSA) is 32.3 Å². The van der Waals surface area contributed by atoms with Crippen molar-refractivity contribution in [3.05, 3.63) is 58.1 Å². The Morgan fingerprint density at radius 1 is 1.15 bits per heavy atom. The molecule has 0 saturated carbocycles. The maximum atomic E-state index is 11.0. The molecule has 4 heteroatoms. The maximum Gasteiger partial charge on any atom is 0.123 e. The average Bonchev–Trinajstić information content (AvgIpc) is 2.63. The summed E-state index contributed by atoms with van der Waals surface area (Å²) in [5.41, 5.74) is 5.96. The van der Waals surface area contributed by atoms with E-state index < -0.39 is 0 Å². The molecule has 3 rings (SSSR count). The van der Waals surface area contributed by atoms with Crippen molar-refractivity contribution < 1.29 is 4.79 Å². The maximum absolute atomic E-state index is 11.0. The van der Waals surface area contributed by atoms with Gasteiger partial charge in [-0.1, -0.05) is 35.4 Å². The Balaban J connectivity index is 1.76. The molecule has 2 aromatic carbocycles. The predicted molar refractivity (Wildman–Crippen MR) is 110 cm³/mol. The summed E-state index contributed by atoms with van der Waals surface area (Å²) in [6.07, 6.45) is 2.94. The molecule has 1 fully saturated rings. The van der Waals surface area contributed by atoms with Crippen LogP contribution >= 0.6 is 11.6 Å². The summed E-state index contributed by atoms with van der Waals surface area (Å²) < 4.78 is 0. The first-order chi connectivity index (χ1) is 12.5. The smallest absolute Gasteiger partial charge is 0.123 e. The lowest BCUT2D eigenvalue weighted by Crippen LogP contribution is -2.34. The van der Waals surface area contributed by atoms with Gasteiger partial charge in [0.05, 0.1) is 10.7 Å². The van der Waals surface area contributed by atoms with Crippen LogP contribution in [0.1, 0.15) is 42.5 Å². The lowest BCUT2D eigenvalue weighted by Gasteiger charge is -2.32. The van der Waals surface area contributed by atoms with Crippen LogP contribution in [-0.4, -0.2) is 19.4 Å². The number of aldehydes is 1. The first kappa shape index (κ1) is 18.8. The number of aryl methyl sites for hydroxylation is 2. The zero-order valence-electron chi connectivity index (χ0n) is 15.8. The highest BCUT2D eigenvalue weighted by Gasteiger charge is 2.20. The number of hydrogen-bond donors (Lipinski definition) is 1. The van der Waals surface area contributed by atoms with E-state index in [1.54, 1.807) is 0 Å². The quantitative estimate of drug-likeness (QED) is 0.701. The van der Waals surface area contributed by atoms with Gasteiger partial charge >= 0.3 is 0 Å². The lowest BCUT2D eigenvalue weighted by atomic mass is 9.98. The summed E-state index contributed by atoms with van der Waals surface area (Å²) in [5.74, 6) is 0.209. The zero-order chi connectivity index (χ0) is 18.7. The first-order valence-corrected chi connectivity index (χ1v) is 9.69. The molecule has 0 unspecified atom stereocenters. The molecular formula is C22H27ClN2O. The van der Waals surface area contributed by atoms with Crippen LogP contribution in [0.3, 0.4) is 0 Å². The van der Waals surface area contributed by atoms with Crippen molar-refractivity contribution in [3.8, 4) is 0 Å². The Kier molecular flexibility index (Phi) is 5.87. The Morgan fingerprint density at radius 3 is 2.54 bits per heavy atom. The highest BCUT2D eigenvalue weighted by atomic mass is 35.5. The van der Waals surface area contributed by atoms with Crippen LogP contribution in [0.5, 0.6) is 0 Å². The number of piperidine rings is 1. The summed E-state index contributed by atoms with van der Waals surface area (Å²) in [4.78, 5) is 13.3. The van der Waals surface area contributed by atoms with Crippen molar-refractivity contribution in [2.24, 2.45) is 5.92 Å². The van der Waals surface area contributed by atoms with E-state index in [4.69, 9.17) is 11.6 Å². The van der Waals surface area contributed by atoms with Gasteiger partial charge in [0.25, 0.3) is 0 Å². The van der Waals surface area contributed by atoms with Gasteiger partial charge in [0.2, 0.25) is 0 Å². The summed E-state index contributed by atoms with van der Waals surface area (Å²) in [7, 11) is 0. The second kappa shape index (κ2) is 8.13. The van der Waals surface area contributed by atoms with E-state index in [0.717, 1.165) is 48.6 Å². The van der Waals surface area contributed by atoms with Crippen LogP contribution in [0, 0.1) is 19.8 Å². The van der Waals surface area contributed by atoms with Crippen LogP contribution < -0.4 is 10.2 Å². The highest BCUT2D eigenvalue weighted by Crippen LogP contribution is 2.32. The molecular weight excluding hydrogens is 344 g/mol. The average molecular weight is 371 g/mol. The standard InChI is InChI=1S/C22H27ClN2O/c1-15-4-6-20(16(2)12-15)17(3)24-22-13-19(5-7-21(22)23)25-10-8-18(14-26)9-11-25/h4-7,12-14,17-18,24H,8-11H2,1-3H3/t17-/m1/s1. The second-order valence-electron chi connectivity index (χ2n) is 7.35. The normalized spacial score (nSPS) is 16.4. The van der Waals surface area contributed by atoms with Gasteiger partial charge in [-0.25, -0.2) is 0 Å². The van der Waals surface area contributed by atoms with Gasteiger partial charge in [0.15, 0.2) is 0 Å². The SMILES string of the molecule is Cc1ccc([C@@H](C)Nc2cc(N3CCC(C=O)CC3)ccc2Cl)c(C)c1. The van der Waals surface area contributed by atoms with E-state index in [1.165, 1.54) is 16.7 Å². The fourth-order valence-electron chi connectivity index (χ4n) is 3.74. The van der Waals surface area contributed by atoms with Gasteiger partial charge in [0.1, 0.15) is 6.29 Å². The van der Waals surface area contributed by atoms with Gasteiger partial charge < -0.3 is 15.0 Å². The molecule has 0 radical (unpaired) electrons. The van der Waals surface area contributed by atoms with Crippen molar-refractivity contribution in [2.45, 2.75) is 39.7 Å². The minimum Gasteiger partial charge on any atom is -0.377 e. The number of nitrogens with one attached hydrogen (secondary N) is 1. The Morgan fingerprint density at radius 2 is 1.88 bits per heavy atom. The van der Waals surface area contributed by atoms with E-state index in [9.17, 15) is 4.79 Å². The molecule has 1 saturated heterocycles. The third-order valence-corrected chi connectivity index (χ3v) is 5.64. The molecule has 1 aliphatic heterocycles. The molecule has 26 heavy (non-hydrogen) atoms. The van der Waals surface area contributed by atoms with E-state index in [0.29, 0.717) is 0 Å². The largest absolute Gasteiger partial charge is 0.377 e. The van der Waals surface area contributed by atoms with Crippen LogP contribution in [-0.2, 0) is 4.79 Å². The van der Waals surface area contributed by atoms with Crippen LogP contribution in [0.25, 0.3) is 0 Å². The van der Waals surface area contributed by atoms with Crippen molar-refractivity contribution in [1.82, 2.24) is 0 Å². The minimum absolute atomic E-state index is 0.171. The highest BCUT2D eigenvalue weighted by molar-refractivity contribution is 6.33. The number of hydrogen-bond acceptors (Lipinski definition) is 3. The molecule has 1 aliphatic rings. The number of anilines is 2. The molecule has 0 spiro atoms. The monoisotopic (exact) mass is 370 g/mol. The molecule has 0 bridgehead atoms. The van der Waals surface area contributed by atoms with Crippen molar-refractivity contribution >= 4 is 29.3 Å². The molecule has 3 nitrogen and oxygen atoms in total. The van der Waals surface area contributed by atoms with Crippen LogP contribution in [0.15, 0.2) is 36.4 Å². The number of nitrogens with zero attached hydrogens (tertiary/aromatic N) is 1. The third-order valence-electron chi connectivity index (χ3n) is 5.31. The summed E-state index contributed by atoms with van der Waals surface area (Å²) in [6.45, 7) is 8.25. The predicted octanol–water partition coefficient (Wildman–Crippen LogP) is 5.55. The molecule has 0 amide bonds. The second-order valence-corrected chi connectivity index (χ2v) is 7.76. The van der Waals surface area contributed by atoms with Gasteiger partial charge in [-0.3, -0.25) is 0 Å². The molecule has 0 aromatic heterocycles. The van der Waals surface area contributed by atoms with Crippen molar-refractivity contribution in [1.29, 1.82) is 0 Å². The molecule has 138 valence electrons. The summed E-state index contributed by atoms with van der Waals surface area (Å²) >= 11 is 6.45. The number of carbonyl (C=O) groups is 1. The van der Waals surface area contributed by atoms with Gasteiger partial charge in [0, 0.05) is 30.7 Å². The number of carbonyl (C=O) groups excluding carboxylic acids is 1. The molecule has 1 heterocycles. The summed E-state index contributed by atoms with van der Waals surface area (Å²) in [5, 5.41) is 4.30. The fourth-order valence-corrected chi connectivity index (χ4v) is 3.91. The summed E-state index contributed by atoms with van der Waals surface area (Å²) in [6, 6.07) is 12.9. The Bertz CT molecular complexity index is 782. The van der Waals surface area contributed by atoms with E-state index in [-0.39, 0.29) is 12.0 Å². The van der Waals surface area contributed by atoms with E-state index in [1.807, 2.05) is 6.07 Å². The molecule has 1 atom stereocenters. The Labute approximate surface area is 161 Å². The number of halogens is 1. The van der Waals surface area contributed by atoms with E-state index in [2.05, 4.69) is 61.3 Å². The van der Waals surface area contributed by atoms with Crippen LogP contribution in [0.2, 0.25) is 5.02 Å². The van der Waals surface area contributed by atoms with Gasteiger partial charge in [-0.2, -0.15) is 0 Å². The third kappa shape index (κ3) is 4.21. The van der Waals surface area contributed by atoms with Gasteiger partial charge in [-0.15, -0.1) is 0 Å².